The zero-order valence-corrected chi connectivity index (χ0v) is 30.8. The van der Waals surface area contributed by atoms with Crippen molar-refractivity contribution in [1.29, 1.82) is 0 Å². The van der Waals surface area contributed by atoms with Crippen LogP contribution >= 0.6 is 0 Å². The summed E-state index contributed by atoms with van der Waals surface area (Å²) >= 11 is 0. The summed E-state index contributed by atoms with van der Waals surface area (Å²) in [7, 11) is 0. The molecule has 260 valence electrons. The largest absolute Gasteiger partial charge is 0.0622 e. The Hall–Kier alpha value is -7.28. The molecule has 0 atom stereocenters. The highest BCUT2D eigenvalue weighted by Crippen LogP contribution is 2.46. The molecule has 0 aliphatic heterocycles. The molecular weight excluding hydrogens is 673 g/mol. The quantitative estimate of drug-likeness (QED) is 0.123. The molecule has 0 fully saturated rings. The van der Waals surface area contributed by atoms with Crippen molar-refractivity contribution in [2.75, 3.05) is 0 Å². The Morgan fingerprint density at radius 3 is 0.875 bits per heavy atom. The third-order valence-corrected chi connectivity index (χ3v) is 11.7. The van der Waals surface area contributed by atoms with Crippen molar-refractivity contribution in [3.8, 4) is 55.6 Å². The van der Waals surface area contributed by atoms with Crippen molar-refractivity contribution in [2.45, 2.75) is 0 Å². The van der Waals surface area contributed by atoms with Crippen LogP contribution in [0.15, 0.2) is 218 Å². The second-order valence-electron chi connectivity index (χ2n) is 14.8. The van der Waals surface area contributed by atoms with Crippen LogP contribution in [-0.4, -0.2) is 0 Å². The van der Waals surface area contributed by atoms with Gasteiger partial charge in [0, 0.05) is 0 Å². The molecule has 11 rings (SSSR count). The Morgan fingerprint density at radius 2 is 0.411 bits per heavy atom. The van der Waals surface area contributed by atoms with Gasteiger partial charge in [0.05, 0.1) is 0 Å². The topological polar surface area (TPSA) is 0 Å². The molecule has 0 N–H and O–H groups in total. The van der Waals surface area contributed by atoms with Gasteiger partial charge in [-0.3, -0.25) is 0 Å². The van der Waals surface area contributed by atoms with E-state index >= 15 is 0 Å². The average molecular weight is 709 g/mol. The number of fused-ring (bicyclic) bond motifs is 8. The molecule has 0 amide bonds. The van der Waals surface area contributed by atoms with Gasteiger partial charge in [-0.05, 0) is 122 Å². The summed E-state index contributed by atoms with van der Waals surface area (Å²) in [4.78, 5) is 0. The van der Waals surface area contributed by atoms with E-state index in [2.05, 4.69) is 218 Å². The van der Waals surface area contributed by atoms with E-state index in [1.54, 1.807) is 0 Å². The Balaban J connectivity index is 1.16. The fraction of sp³-hybridized carbons (Fsp3) is 0. The molecule has 0 nitrogen and oxygen atoms in total. The van der Waals surface area contributed by atoms with Crippen LogP contribution in [0.1, 0.15) is 0 Å². The molecule has 0 heteroatoms. The Morgan fingerprint density at radius 1 is 0.143 bits per heavy atom. The van der Waals surface area contributed by atoms with Gasteiger partial charge in [-0.15, -0.1) is 0 Å². The third-order valence-electron chi connectivity index (χ3n) is 11.7. The molecule has 0 aliphatic carbocycles. The van der Waals surface area contributed by atoms with E-state index in [0.29, 0.717) is 0 Å². The lowest BCUT2D eigenvalue weighted by Crippen LogP contribution is -1.92. The first-order valence-corrected chi connectivity index (χ1v) is 19.4. The summed E-state index contributed by atoms with van der Waals surface area (Å²) in [6, 6.07) is 80.3. The number of rotatable bonds is 5. The highest BCUT2D eigenvalue weighted by atomic mass is 14.2. The van der Waals surface area contributed by atoms with E-state index in [0.717, 1.165) is 0 Å². The molecule has 0 radical (unpaired) electrons. The van der Waals surface area contributed by atoms with E-state index in [1.807, 2.05) is 0 Å². The van der Waals surface area contributed by atoms with E-state index in [4.69, 9.17) is 0 Å². The van der Waals surface area contributed by atoms with Crippen LogP contribution in [0, 0.1) is 0 Å². The lowest BCUT2D eigenvalue weighted by molar-refractivity contribution is 1.60. The average Bonchev–Trinajstić information content (AvgIpc) is 3.28. The van der Waals surface area contributed by atoms with Crippen LogP contribution in [0.4, 0.5) is 0 Å². The predicted molar refractivity (Wildman–Crippen MR) is 241 cm³/mol. The van der Waals surface area contributed by atoms with E-state index in [1.165, 1.54) is 109 Å². The summed E-state index contributed by atoms with van der Waals surface area (Å²) in [5, 5.41) is 12.8. The van der Waals surface area contributed by atoms with E-state index < -0.39 is 0 Å². The van der Waals surface area contributed by atoms with Crippen LogP contribution in [-0.2, 0) is 0 Å². The van der Waals surface area contributed by atoms with E-state index in [9.17, 15) is 0 Å². The minimum atomic E-state index is 1.21. The maximum atomic E-state index is 2.44. The molecule has 0 spiro atoms. The number of hydrogen-bond donors (Lipinski definition) is 0. The SMILES string of the molecule is c1ccc(-c2ccc(-c3c4ccccc4c(-c4ccc(-c5ccccc5)cc4)c4cc(-c5ccc6c7ccccc7c7ccccc7c6c5)ccc34)cc2)cc1. The first-order chi connectivity index (χ1) is 27.8. The molecule has 0 saturated carbocycles. The predicted octanol–water partition coefficient (Wildman–Crippen LogP) is 15.8. The Bertz CT molecular complexity index is 3210. The zero-order valence-electron chi connectivity index (χ0n) is 30.8. The van der Waals surface area contributed by atoms with Gasteiger partial charge in [0.25, 0.3) is 0 Å². The summed E-state index contributed by atoms with van der Waals surface area (Å²) < 4.78 is 0. The standard InChI is InChI=1S/C56H36/c1-3-13-37(14-4-1)39-23-27-41(28-24-39)55-50-21-11-12-22-51(50)56(42-29-25-40(26-30-42)38-15-5-2-6-16-38)54-36-44(32-34-52(54)55)43-31-33-49-47-19-8-7-17-45(47)46-18-9-10-20-48(46)53(49)35-43/h1-36H. The van der Waals surface area contributed by atoms with Crippen LogP contribution in [0.3, 0.4) is 0 Å². The lowest BCUT2D eigenvalue weighted by Gasteiger charge is -2.19. The molecule has 0 aromatic heterocycles. The normalized spacial score (nSPS) is 11.6. The monoisotopic (exact) mass is 708 g/mol. The fourth-order valence-electron chi connectivity index (χ4n) is 8.99. The second-order valence-corrected chi connectivity index (χ2v) is 14.8. The van der Waals surface area contributed by atoms with Gasteiger partial charge in [-0.2, -0.15) is 0 Å². The first kappa shape index (κ1) is 32.2. The summed E-state index contributed by atoms with van der Waals surface area (Å²) in [6.45, 7) is 0. The molecule has 0 heterocycles. The van der Waals surface area contributed by atoms with Crippen molar-refractivity contribution in [3.63, 3.8) is 0 Å². The van der Waals surface area contributed by atoms with Crippen LogP contribution in [0.2, 0.25) is 0 Å². The molecule has 0 saturated heterocycles. The van der Waals surface area contributed by atoms with Crippen molar-refractivity contribution >= 4 is 53.9 Å². The minimum Gasteiger partial charge on any atom is -0.0622 e. The first-order valence-electron chi connectivity index (χ1n) is 19.4. The van der Waals surface area contributed by atoms with Crippen molar-refractivity contribution < 1.29 is 0 Å². The van der Waals surface area contributed by atoms with Crippen LogP contribution < -0.4 is 0 Å². The molecular formula is C56H36. The maximum Gasteiger partial charge on any atom is -0.00261 e. The third kappa shape index (κ3) is 5.30. The summed E-state index contributed by atoms with van der Waals surface area (Å²) in [5.41, 5.74) is 12.3. The Kier molecular flexibility index (Phi) is 7.60. The molecule has 0 unspecified atom stereocenters. The van der Waals surface area contributed by atoms with Crippen molar-refractivity contribution in [1.82, 2.24) is 0 Å². The highest BCUT2D eigenvalue weighted by Gasteiger charge is 2.18. The molecule has 11 aromatic carbocycles. The van der Waals surface area contributed by atoms with Gasteiger partial charge in [0.15, 0.2) is 0 Å². The molecule has 56 heavy (non-hydrogen) atoms. The lowest BCUT2D eigenvalue weighted by atomic mass is 9.84. The van der Waals surface area contributed by atoms with Gasteiger partial charge in [-0.1, -0.05) is 206 Å². The second kappa shape index (κ2) is 13.2. The number of benzene rings is 11. The van der Waals surface area contributed by atoms with Gasteiger partial charge < -0.3 is 0 Å². The zero-order chi connectivity index (χ0) is 37.0. The Labute approximate surface area is 326 Å². The minimum absolute atomic E-state index is 1.21. The smallest absolute Gasteiger partial charge is 0.00261 e. The molecule has 0 aliphatic rings. The van der Waals surface area contributed by atoms with Gasteiger partial charge in [0.2, 0.25) is 0 Å². The maximum absolute atomic E-state index is 2.44. The fourth-order valence-corrected chi connectivity index (χ4v) is 8.99. The number of hydrogen-bond acceptors (Lipinski definition) is 0. The summed E-state index contributed by atoms with van der Waals surface area (Å²) in [6.07, 6.45) is 0. The van der Waals surface area contributed by atoms with E-state index in [-0.39, 0.29) is 0 Å². The van der Waals surface area contributed by atoms with Gasteiger partial charge in [0.1, 0.15) is 0 Å². The van der Waals surface area contributed by atoms with Crippen molar-refractivity contribution in [2.24, 2.45) is 0 Å². The van der Waals surface area contributed by atoms with Crippen LogP contribution in [0.25, 0.3) is 109 Å². The van der Waals surface area contributed by atoms with Crippen molar-refractivity contribution in [3.05, 3.63) is 218 Å². The van der Waals surface area contributed by atoms with Gasteiger partial charge in [-0.25, -0.2) is 0 Å². The molecule has 0 bridgehead atoms. The summed E-state index contributed by atoms with van der Waals surface area (Å²) in [5.74, 6) is 0. The van der Waals surface area contributed by atoms with Gasteiger partial charge >= 0.3 is 0 Å². The highest BCUT2D eigenvalue weighted by molar-refractivity contribution is 6.26. The van der Waals surface area contributed by atoms with Crippen LogP contribution in [0.5, 0.6) is 0 Å². The molecule has 11 aromatic rings.